The molecule has 0 aliphatic rings. The van der Waals surface area contributed by atoms with E-state index in [0.29, 0.717) is 0 Å². The Morgan fingerprint density at radius 2 is 0.479 bits per heavy atom. The summed E-state index contributed by atoms with van der Waals surface area (Å²) in [5, 5.41) is 14.9. The molecule has 0 bridgehead atoms. The van der Waals surface area contributed by atoms with E-state index < -0.39 is 0 Å². The van der Waals surface area contributed by atoms with Gasteiger partial charge in [0.15, 0.2) is 0 Å². The summed E-state index contributed by atoms with van der Waals surface area (Å²) in [5.41, 5.74) is 15.2. The molecule has 0 unspecified atom stereocenters. The van der Waals surface area contributed by atoms with Crippen molar-refractivity contribution in [2.75, 3.05) is 9.80 Å². The molecular formula is C71H52N2. The van der Waals surface area contributed by atoms with Crippen molar-refractivity contribution in [1.29, 1.82) is 0 Å². The van der Waals surface area contributed by atoms with Crippen molar-refractivity contribution in [1.82, 2.24) is 0 Å². The van der Waals surface area contributed by atoms with Crippen molar-refractivity contribution >= 4 is 123 Å². The van der Waals surface area contributed by atoms with E-state index in [0.717, 1.165) is 33.9 Å². The van der Waals surface area contributed by atoms with Gasteiger partial charge in [0.05, 0.1) is 11.4 Å². The number of anilines is 6. The average Bonchev–Trinajstić information content (AvgIpc) is 3.44. The number of aryl methyl sites for hydroxylation is 3. The first kappa shape index (κ1) is 43.8. The summed E-state index contributed by atoms with van der Waals surface area (Å²) in [6, 6.07) is 87.4. The summed E-state index contributed by atoms with van der Waals surface area (Å²) >= 11 is 0. The van der Waals surface area contributed by atoms with Crippen molar-refractivity contribution in [3.8, 4) is 0 Å². The number of benzene rings is 13. The van der Waals surface area contributed by atoms with E-state index in [2.05, 4.69) is 291 Å². The Kier molecular flexibility index (Phi) is 10.9. The normalized spacial score (nSPS) is 11.9. The largest absolute Gasteiger partial charge is 0.309 e. The molecule has 0 spiro atoms. The Labute approximate surface area is 427 Å². The number of rotatable bonds is 10. The topological polar surface area (TPSA) is 6.48 Å². The van der Waals surface area contributed by atoms with Crippen molar-refractivity contribution < 1.29 is 0 Å². The first-order valence-corrected chi connectivity index (χ1v) is 25.3. The zero-order valence-corrected chi connectivity index (χ0v) is 41.2. The van der Waals surface area contributed by atoms with Gasteiger partial charge in [0.1, 0.15) is 0 Å². The first-order valence-electron chi connectivity index (χ1n) is 25.3. The fraction of sp³-hybridized carbons (Fsp3) is 0.0423. The van der Waals surface area contributed by atoms with Gasteiger partial charge in [-0.2, -0.15) is 0 Å². The van der Waals surface area contributed by atoms with Crippen LogP contribution in [-0.2, 0) is 0 Å². The van der Waals surface area contributed by atoms with Gasteiger partial charge in [0.25, 0.3) is 0 Å². The maximum Gasteiger partial charge on any atom is 0.0619 e. The van der Waals surface area contributed by atoms with Crippen LogP contribution in [0, 0.1) is 20.8 Å². The smallest absolute Gasteiger partial charge is 0.0619 e. The van der Waals surface area contributed by atoms with Gasteiger partial charge in [-0.05, 0) is 124 Å². The SMILES string of the molecule is Cc1ccc(/C=C/c2ccc(N(c3ccc(C)cc3)c3c4ccccc4c4c5c3cccc5c3cccc5c(N(c6ccc(C)cc6)c6ccc(/C=C/c7ccccc7)cc6)c6ccccc6c4c53)cc2)cc1. The third kappa shape index (κ3) is 7.76. The van der Waals surface area contributed by atoms with Crippen LogP contribution in [0.1, 0.15) is 38.9 Å². The van der Waals surface area contributed by atoms with Gasteiger partial charge in [-0.25, -0.2) is 0 Å². The average molecular weight is 933 g/mol. The molecule has 13 aromatic rings. The molecule has 0 saturated heterocycles. The molecule has 0 atom stereocenters. The summed E-state index contributed by atoms with van der Waals surface area (Å²) in [5.74, 6) is 0. The summed E-state index contributed by atoms with van der Waals surface area (Å²) in [7, 11) is 0. The Morgan fingerprint density at radius 3 is 0.863 bits per heavy atom. The van der Waals surface area contributed by atoms with E-state index in [-0.39, 0.29) is 0 Å². The molecule has 0 heterocycles. The van der Waals surface area contributed by atoms with Crippen molar-refractivity contribution in [2.24, 2.45) is 0 Å². The minimum Gasteiger partial charge on any atom is -0.309 e. The highest BCUT2D eigenvalue weighted by atomic mass is 15.2. The zero-order chi connectivity index (χ0) is 49.0. The van der Waals surface area contributed by atoms with Crippen molar-refractivity contribution in [3.05, 3.63) is 276 Å². The summed E-state index contributed by atoms with van der Waals surface area (Å²) < 4.78 is 0. The van der Waals surface area contributed by atoms with Crippen LogP contribution >= 0.6 is 0 Å². The molecule has 13 rings (SSSR count). The van der Waals surface area contributed by atoms with Crippen LogP contribution in [-0.4, -0.2) is 0 Å². The Hall–Kier alpha value is -9.24. The van der Waals surface area contributed by atoms with E-state index in [1.54, 1.807) is 0 Å². The second-order valence-corrected chi connectivity index (χ2v) is 19.5. The van der Waals surface area contributed by atoms with Gasteiger partial charge in [0, 0.05) is 55.1 Å². The third-order valence-electron chi connectivity index (χ3n) is 14.7. The van der Waals surface area contributed by atoms with Gasteiger partial charge in [0.2, 0.25) is 0 Å². The Bertz CT molecular complexity index is 4230. The number of nitrogens with zero attached hydrogens (tertiary/aromatic N) is 2. The van der Waals surface area contributed by atoms with Crippen molar-refractivity contribution in [2.45, 2.75) is 20.8 Å². The summed E-state index contributed by atoms with van der Waals surface area (Å²) in [6.07, 6.45) is 8.78. The van der Waals surface area contributed by atoms with Crippen LogP contribution in [0.15, 0.2) is 237 Å². The molecule has 0 aliphatic heterocycles. The Morgan fingerprint density at radius 1 is 0.219 bits per heavy atom. The minimum atomic E-state index is 1.10. The lowest BCUT2D eigenvalue weighted by molar-refractivity contribution is 1.30. The maximum atomic E-state index is 2.48. The van der Waals surface area contributed by atoms with Crippen LogP contribution in [0.5, 0.6) is 0 Å². The first-order chi connectivity index (χ1) is 35.9. The van der Waals surface area contributed by atoms with Gasteiger partial charge < -0.3 is 9.80 Å². The number of hydrogen-bond donors (Lipinski definition) is 0. The molecule has 2 nitrogen and oxygen atoms in total. The van der Waals surface area contributed by atoms with E-state index in [1.165, 1.54) is 104 Å². The van der Waals surface area contributed by atoms with Gasteiger partial charge in [-0.15, -0.1) is 0 Å². The van der Waals surface area contributed by atoms with E-state index >= 15 is 0 Å². The fourth-order valence-corrected chi connectivity index (χ4v) is 11.2. The highest BCUT2D eigenvalue weighted by molar-refractivity contribution is 6.46. The molecule has 0 saturated carbocycles. The predicted molar refractivity (Wildman–Crippen MR) is 317 cm³/mol. The summed E-state index contributed by atoms with van der Waals surface area (Å²) in [4.78, 5) is 4.97. The molecular weight excluding hydrogens is 881 g/mol. The quantitative estimate of drug-likeness (QED) is 0.0766. The van der Waals surface area contributed by atoms with E-state index in [9.17, 15) is 0 Å². The second kappa shape index (κ2) is 18.2. The molecule has 346 valence electrons. The molecule has 0 aromatic heterocycles. The summed E-state index contributed by atoms with van der Waals surface area (Å²) in [6.45, 7) is 6.45. The van der Waals surface area contributed by atoms with Crippen LogP contribution in [0.4, 0.5) is 34.1 Å². The standard InChI is InChI=1S/C71H52N2/c1-47-23-29-51(30-24-47)33-34-53-37-45-57(46-38-53)73(55-41-27-49(3)28-42-55)71-63-18-10-8-16-61(63)69-67-59(20-12-22-65(67)71)58-19-11-21-64-66(58)68(69)60-15-7-9-17-62(60)70(64)72(54-39-25-48(2)26-40-54)56-43-35-52(36-44-56)32-31-50-13-5-4-6-14-50/h4-46H,1-3H3/b32-31+,34-33+. The lowest BCUT2D eigenvalue weighted by atomic mass is 9.83. The number of fused-ring (bicyclic) bond motifs is 6. The van der Waals surface area contributed by atoms with Gasteiger partial charge in [-0.3, -0.25) is 0 Å². The lowest BCUT2D eigenvalue weighted by Gasteiger charge is -2.31. The van der Waals surface area contributed by atoms with Crippen molar-refractivity contribution in [3.63, 3.8) is 0 Å². The highest BCUT2D eigenvalue weighted by Gasteiger charge is 2.27. The second-order valence-electron chi connectivity index (χ2n) is 19.5. The molecule has 2 heteroatoms. The zero-order valence-electron chi connectivity index (χ0n) is 41.2. The van der Waals surface area contributed by atoms with Gasteiger partial charge >= 0.3 is 0 Å². The number of hydrogen-bond acceptors (Lipinski definition) is 2. The fourth-order valence-electron chi connectivity index (χ4n) is 11.2. The molecule has 73 heavy (non-hydrogen) atoms. The molecule has 0 aliphatic carbocycles. The van der Waals surface area contributed by atoms with E-state index in [4.69, 9.17) is 0 Å². The lowest BCUT2D eigenvalue weighted by Crippen LogP contribution is -2.12. The molecule has 13 aromatic carbocycles. The third-order valence-corrected chi connectivity index (χ3v) is 14.7. The molecule has 0 fully saturated rings. The van der Waals surface area contributed by atoms with Crippen LogP contribution < -0.4 is 9.80 Å². The Balaban J connectivity index is 1.06. The highest BCUT2D eigenvalue weighted by Crippen LogP contribution is 2.55. The van der Waals surface area contributed by atoms with E-state index in [1.807, 2.05) is 0 Å². The molecule has 0 radical (unpaired) electrons. The van der Waals surface area contributed by atoms with Gasteiger partial charge in [-0.1, -0.05) is 229 Å². The van der Waals surface area contributed by atoms with Crippen LogP contribution in [0.2, 0.25) is 0 Å². The maximum absolute atomic E-state index is 2.48. The minimum absolute atomic E-state index is 1.10. The molecule has 0 N–H and O–H groups in total. The predicted octanol–water partition coefficient (Wildman–Crippen LogP) is 20.2. The monoisotopic (exact) mass is 932 g/mol. The van der Waals surface area contributed by atoms with Crippen LogP contribution in [0.3, 0.4) is 0 Å². The molecule has 0 amide bonds. The van der Waals surface area contributed by atoms with Crippen LogP contribution in [0.25, 0.3) is 88.9 Å².